The molecule has 33 heavy (non-hydrogen) atoms. The minimum absolute atomic E-state index is 0.540. The van der Waals surface area contributed by atoms with E-state index < -0.39 is 11.0 Å². The van der Waals surface area contributed by atoms with E-state index in [9.17, 15) is 4.21 Å². The second-order valence-electron chi connectivity index (χ2n) is 8.22. The number of benzene rings is 2. The Morgan fingerprint density at radius 3 is 2.42 bits per heavy atom. The minimum Gasteiger partial charge on any atom is -0.369 e. The van der Waals surface area contributed by atoms with Crippen LogP contribution in [0.5, 0.6) is 0 Å². The maximum atomic E-state index is 11.5. The van der Waals surface area contributed by atoms with Crippen molar-refractivity contribution in [1.29, 1.82) is 0 Å². The second kappa shape index (κ2) is 9.21. The van der Waals surface area contributed by atoms with Gasteiger partial charge in [0.05, 0.1) is 5.69 Å². The van der Waals surface area contributed by atoms with Gasteiger partial charge in [0, 0.05) is 55.1 Å². The molecular weight excluding hydrogens is 434 g/mol. The number of hydrogen-bond acceptors (Lipinski definition) is 6. The highest BCUT2D eigenvalue weighted by atomic mass is 32.2. The molecule has 9 heteroatoms. The van der Waals surface area contributed by atoms with Gasteiger partial charge in [0.2, 0.25) is 5.95 Å². The fraction of sp³-hybridized carbons (Fsp3) is 0.250. The zero-order valence-corrected chi connectivity index (χ0v) is 19.5. The van der Waals surface area contributed by atoms with Crippen molar-refractivity contribution in [2.75, 3.05) is 54.4 Å². The minimum atomic E-state index is -1.13. The molecule has 170 valence electrons. The summed E-state index contributed by atoms with van der Waals surface area (Å²) < 4.78 is 16.3. The molecule has 2 N–H and O–H groups in total. The Bertz CT molecular complexity index is 1280. The second-order valence-corrected chi connectivity index (χ2v) is 9.33. The summed E-state index contributed by atoms with van der Waals surface area (Å²) in [5, 5.41) is 8.02. The van der Waals surface area contributed by atoms with Crippen molar-refractivity contribution in [3.8, 4) is 11.3 Å². The summed E-state index contributed by atoms with van der Waals surface area (Å²) in [4.78, 5) is 9.41. The number of nitrogens with one attached hydrogen (secondary N) is 2. The lowest BCUT2D eigenvalue weighted by Crippen LogP contribution is -2.44. The summed E-state index contributed by atoms with van der Waals surface area (Å²) >= 11 is 0. The molecule has 0 spiro atoms. The quantitative estimate of drug-likeness (QED) is 0.457. The Balaban J connectivity index is 1.37. The molecule has 1 fully saturated rings. The van der Waals surface area contributed by atoms with Crippen molar-refractivity contribution in [2.24, 2.45) is 0 Å². The molecule has 3 heterocycles. The van der Waals surface area contributed by atoms with Gasteiger partial charge in [0.25, 0.3) is 0 Å². The number of pyridine rings is 1. The van der Waals surface area contributed by atoms with Crippen molar-refractivity contribution < 1.29 is 4.21 Å². The molecule has 0 bridgehead atoms. The monoisotopic (exact) mass is 461 g/mol. The van der Waals surface area contributed by atoms with E-state index in [0.29, 0.717) is 5.95 Å². The van der Waals surface area contributed by atoms with Crippen LogP contribution < -0.4 is 14.9 Å². The summed E-state index contributed by atoms with van der Waals surface area (Å²) in [6.45, 7) is 4.27. The topological polar surface area (TPSA) is 77.8 Å². The van der Waals surface area contributed by atoms with Crippen LogP contribution in [0.2, 0.25) is 0 Å². The molecular formula is C24H27N7OS. The number of anilines is 4. The Morgan fingerprint density at radius 2 is 1.67 bits per heavy atom. The van der Waals surface area contributed by atoms with Gasteiger partial charge in [-0.1, -0.05) is 18.2 Å². The largest absolute Gasteiger partial charge is 0.369 e. The maximum absolute atomic E-state index is 11.5. The number of aromatic nitrogens is 3. The van der Waals surface area contributed by atoms with Crippen molar-refractivity contribution in [3.63, 3.8) is 0 Å². The first-order valence-corrected chi connectivity index (χ1v) is 12.5. The van der Waals surface area contributed by atoms with Gasteiger partial charge in [-0.2, -0.15) is 4.98 Å². The molecule has 0 amide bonds. The van der Waals surface area contributed by atoms with E-state index >= 15 is 0 Å². The van der Waals surface area contributed by atoms with Crippen LogP contribution in [0.25, 0.3) is 16.9 Å². The van der Waals surface area contributed by atoms with E-state index in [1.165, 1.54) is 5.69 Å². The van der Waals surface area contributed by atoms with E-state index in [-0.39, 0.29) is 0 Å². The lowest BCUT2D eigenvalue weighted by atomic mass is 10.1. The first kappa shape index (κ1) is 21.4. The van der Waals surface area contributed by atoms with E-state index in [1.807, 2.05) is 47.0 Å². The van der Waals surface area contributed by atoms with Gasteiger partial charge in [-0.3, -0.25) is 0 Å². The smallest absolute Gasteiger partial charge is 0.247 e. The van der Waals surface area contributed by atoms with Crippen LogP contribution >= 0.6 is 0 Å². The molecule has 0 aliphatic carbocycles. The Kier molecular flexibility index (Phi) is 5.97. The Labute approximate surface area is 195 Å². The van der Waals surface area contributed by atoms with Gasteiger partial charge in [0.1, 0.15) is 11.0 Å². The predicted molar refractivity (Wildman–Crippen MR) is 136 cm³/mol. The molecule has 0 radical (unpaired) electrons. The van der Waals surface area contributed by atoms with Crippen LogP contribution in [0.3, 0.4) is 0 Å². The molecule has 1 aliphatic heterocycles. The molecule has 1 unspecified atom stereocenters. The fourth-order valence-corrected chi connectivity index (χ4v) is 4.49. The molecule has 8 nitrogen and oxygen atoms in total. The summed E-state index contributed by atoms with van der Waals surface area (Å²) in [6, 6.07) is 22.1. The molecule has 2 aromatic carbocycles. The molecule has 1 aliphatic rings. The average molecular weight is 462 g/mol. The summed E-state index contributed by atoms with van der Waals surface area (Å²) in [6.07, 6.45) is 1.61. The molecule has 4 aromatic rings. The van der Waals surface area contributed by atoms with E-state index in [4.69, 9.17) is 5.10 Å². The zero-order chi connectivity index (χ0) is 22.8. The lowest BCUT2D eigenvalue weighted by molar-refractivity contribution is 0.313. The van der Waals surface area contributed by atoms with Gasteiger partial charge in [-0.25, -0.2) is 8.72 Å². The molecule has 0 saturated carbocycles. The number of likely N-dealkylation sites (N-methyl/N-ethyl adjacent to an activating group) is 1. The molecule has 1 saturated heterocycles. The molecule has 5 rings (SSSR count). The Morgan fingerprint density at radius 1 is 0.909 bits per heavy atom. The highest BCUT2D eigenvalue weighted by Crippen LogP contribution is 2.25. The van der Waals surface area contributed by atoms with Gasteiger partial charge in [-0.15, -0.1) is 5.10 Å². The highest BCUT2D eigenvalue weighted by Gasteiger charge is 2.14. The van der Waals surface area contributed by atoms with Crippen LogP contribution in [-0.4, -0.2) is 63.2 Å². The van der Waals surface area contributed by atoms with Crippen LogP contribution in [-0.2, 0) is 11.0 Å². The summed E-state index contributed by atoms with van der Waals surface area (Å²) in [5.41, 5.74) is 5.60. The van der Waals surface area contributed by atoms with Crippen LogP contribution in [0.15, 0.2) is 66.7 Å². The van der Waals surface area contributed by atoms with Crippen molar-refractivity contribution >= 4 is 39.6 Å². The standard InChI is InChI=1S/C24H27N7OS/c1-29-13-15-30(16-14-29)21-11-9-19(10-12-21)25-24-26-23-8-4-7-22(31(23)27-24)18-5-3-6-20(17-18)28-33(2)32/h3-12,17,28H,13-16H2,1-2H3,(H,25,27). The highest BCUT2D eigenvalue weighted by molar-refractivity contribution is 7.85. The third-order valence-electron chi connectivity index (χ3n) is 5.77. The normalized spacial score (nSPS) is 15.5. The van der Waals surface area contributed by atoms with Crippen molar-refractivity contribution in [1.82, 2.24) is 19.5 Å². The van der Waals surface area contributed by atoms with Crippen LogP contribution in [0.1, 0.15) is 0 Å². The van der Waals surface area contributed by atoms with Gasteiger partial charge in [-0.05, 0) is 55.6 Å². The molecule has 1 atom stereocenters. The van der Waals surface area contributed by atoms with E-state index in [0.717, 1.165) is 54.5 Å². The number of fused-ring (bicyclic) bond motifs is 1. The number of nitrogens with zero attached hydrogens (tertiary/aromatic N) is 5. The molecule has 2 aromatic heterocycles. The van der Waals surface area contributed by atoms with Crippen LogP contribution in [0.4, 0.5) is 23.0 Å². The van der Waals surface area contributed by atoms with Crippen LogP contribution in [0, 0.1) is 0 Å². The van der Waals surface area contributed by atoms with Gasteiger partial charge >= 0.3 is 0 Å². The maximum Gasteiger partial charge on any atom is 0.247 e. The van der Waals surface area contributed by atoms with Crippen molar-refractivity contribution in [2.45, 2.75) is 0 Å². The van der Waals surface area contributed by atoms with E-state index in [1.54, 1.807) is 6.26 Å². The fourth-order valence-electron chi connectivity index (χ4n) is 4.03. The third kappa shape index (κ3) is 4.84. The number of piperazine rings is 1. The van der Waals surface area contributed by atoms with E-state index in [2.05, 4.69) is 56.1 Å². The predicted octanol–water partition coefficient (Wildman–Crippen LogP) is 3.60. The first-order valence-electron chi connectivity index (χ1n) is 10.9. The third-order valence-corrected chi connectivity index (χ3v) is 6.29. The first-order chi connectivity index (χ1) is 16.0. The number of rotatable bonds is 6. The number of hydrogen-bond donors (Lipinski definition) is 2. The SMILES string of the molecule is CN1CCN(c2ccc(Nc3nc4cccc(-c5cccc(NS(C)=O)c5)n4n3)cc2)CC1. The summed E-state index contributed by atoms with van der Waals surface area (Å²) in [7, 11) is 1.03. The van der Waals surface area contributed by atoms with Gasteiger partial charge < -0.3 is 19.8 Å². The average Bonchev–Trinajstić information content (AvgIpc) is 3.22. The lowest BCUT2D eigenvalue weighted by Gasteiger charge is -2.34. The van der Waals surface area contributed by atoms with Crippen molar-refractivity contribution in [3.05, 3.63) is 66.7 Å². The zero-order valence-electron chi connectivity index (χ0n) is 18.7. The summed E-state index contributed by atoms with van der Waals surface area (Å²) in [5.74, 6) is 0.540. The van der Waals surface area contributed by atoms with Gasteiger partial charge in [0.15, 0.2) is 5.65 Å². The Hall–Kier alpha value is -3.43.